The normalized spacial score (nSPS) is 10.5. The maximum Gasteiger partial charge on any atom is 0.119 e. The first-order chi connectivity index (χ1) is 8.84. The van der Waals surface area contributed by atoms with E-state index in [1.807, 2.05) is 12.1 Å². The number of rotatable bonds is 7. The number of nitrogens with one attached hydrogen (secondary N) is 1. The molecule has 0 unspecified atom stereocenters. The monoisotopic (exact) mass is 261 g/mol. The van der Waals surface area contributed by atoms with E-state index in [9.17, 15) is 0 Å². The van der Waals surface area contributed by atoms with Crippen LogP contribution in [0.25, 0.3) is 0 Å². The van der Waals surface area contributed by atoms with Gasteiger partial charge in [-0.2, -0.15) is 11.3 Å². The molecule has 1 heterocycles. The van der Waals surface area contributed by atoms with Crippen molar-refractivity contribution in [2.75, 3.05) is 19.7 Å². The van der Waals surface area contributed by atoms with Gasteiger partial charge in [-0.3, -0.25) is 0 Å². The minimum Gasteiger partial charge on any atom is -0.492 e. The molecule has 0 bridgehead atoms. The van der Waals surface area contributed by atoms with E-state index in [0.29, 0.717) is 6.61 Å². The van der Waals surface area contributed by atoms with E-state index < -0.39 is 0 Å². The molecule has 3 heteroatoms. The molecule has 0 radical (unpaired) electrons. The largest absolute Gasteiger partial charge is 0.492 e. The molecule has 0 aliphatic rings. The highest BCUT2D eigenvalue weighted by molar-refractivity contribution is 7.07. The molecule has 2 aromatic rings. The van der Waals surface area contributed by atoms with Crippen molar-refractivity contribution in [1.82, 2.24) is 5.32 Å². The van der Waals surface area contributed by atoms with Crippen LogP contribution in [0.4, 0.5) is 0 Å². The van der Waals surface area contributed by atoms with Crippen LogP contribution < -0.4 is 10.1 Å². The number of aryl methyl sites for hydroxylation is 1. The zero-order valence-corrected chi connectivity index (χ0v) is 11.5. The third kappa shape index (κ3) is 4.51. The van der Waals surface area contributed by atoms with Gasteiger partial charge in [0.1, 0.15) is 12.4 Å². The summed E-state index contributed by atoms with van der Waals surface area (Å²) in [6, 6.07) is 10.3. The van der Waals surface area contributed by atoms with E-state index in [1.165, 1.54) is 11.1 Å². The fraction of sp³-hybridized carbons (Fsp3) is 0.333. The molecule has 2 nitrogen and oxygen atoms in total. The number of ether oxygens (including phenoxy) is 1. The molecule has 0 amide bonds. The van der Waals surface area contributed by atoms with Gasteiger partial charge in [0.2, 0.25) is 0 Å². The molecule has 0 atom stereocenters. The Morgan fingerprint density at radius 2 is 1.94 bits per heavy atom. The highest BCUT2D eigenvalue weighted by Crippen LogP contribution is 2.10. The maximum absolute atomic E-state index is 5.64. The van der Waals surface area contributed by atoms with E-state index in [0.717, 1.165) is 25.3 Å². The molecule has 0 saturated heterocycles. The van der Waals surface area contributed by atoms with E-state index in [4.69, 9.17) is 4.74 Å². The molecular formula is C15H19NOS. The van der Waals surface area contributed by atoms with Crippen molar-refractivity contribution in [3.8, 4) is 5.75 Å². The van der Waals surface area contributed by atoms with Crippen LogP contribution in [0.2, 0.25) is 0 Å². The molecule has 0 aliphatic heterocycles. The molecule has 1 aromatic heterocycles. The minimum absolute atomic E-state index is 0.715. The second-order valence-corrected chi connectivity index (χ2v) is 5.07. The lowest BCUT2D eigenvalue weighted by atomic mass is 10.2. The van der Waals surface area contributed by atoms with E-state index >= 15 is 0 Å². The van der Waals surface area contributed by atoms with Gasteiger partial charge < -0.3 is 10.1 Å². The molecule has 0 saturated carbocycles. The summed E-state index contributed by atoms with van der Waals surface area (Å²) in [5.74, 6) is 0.945. The van der Waals surface area contributed by atoms with Crippen LogP contribution in [-0.4, -0.2) is 19.7 Å². The third-order valence-electron chi connectivity index (χ3n) is 2.74. The first-order valence-corrected chi connectivity index (χ1v) is 7.20. The second kappa shape index (κ2) is 7.19. The zero-order valence-electron chi connectivity index (χ0n) is 10.7. The number of thiophene rings is 1. The van der Waals surface area contributed by atoms with Crippen LogP contribution in [0.15, 0.2) is 41.1 Å². The third-order valence-corrected chi connectivity index (χ3v) is 3.47. The quantitative estimate of drug-likeness (QED) is 0.772. The highest BCUT2D eigenvalue weighted by Gasteiger charge is 1.94. The van der Waals surface area contributed by atoms with E-state index in [-0.39, 0.29) is 0 Å². The van der Waals surface area contributed by atoms with Crippen molar-refractivity contribution in [2.45, 2.75) is 13.3 Å². The van der Waals surface area contributed by atoms with Gasteiger partial charge in [0.05, 0.1) is 0 Å². The van der Waals surface area contributed by atoms with Crippen LogP contribution in [0.5, 0.6) is 5.75 Å². The minimum atomic E-state index is 0.715. The van der Waals surface area contributed by atoms with Crippen molar-refractivity contribution in [2.24, 2.45) is 0 Å². The number of hydrogen-bond acceptors (Lipinski definition) is 3. The van der Waals surface area contributed by atoms with Crippen molar-refractivity contribution in [1.29, 1.82) is 0 Å². The van der Waals surface area contributed by atoms with Crippen LogP contribution >= 0.6 is 11.3 Å². The van der Waals surface area contributed by atoms with Gasteiger partial charge in [-0.05, 0) is 54.4 Å². The summed E-state index contributed by atoms with van der Waals surface area (Å²) in [7, 11) is 0. The fourth-order valence-electron chi connectivity index (χ4n) is 1.67. The molecule has 1 aromatic carbocycles. The summed E-state index contributed by atoms with van der Waals surface area (Å²) in [6.45, 7) is 4.69. The summed E-state index contributed by atoms with van der Waals surface area (Å²) >= 11 is 1.75. The van der Waals surface area contributed by atoms with Crippen LogP contribution in [0.1, 0.15) is 11.1 Å². The van der Waals surface area contributed by atoms with Crippen molar-refractivity contribution in [3.05, 3.63) is 52.2 Å². The van der Waals surface area contributed by atoms with Crippen molar-refractivity contribution >= 4 is 11.3 Å². The van der Waals surface area contributed by atoms with Crippen LogP contribution in [-0.2, 0) is 6.42 Å². The standard InChI is InChI=1S/C15H19NOS/c1-13-2-4-15(5-3-13)17-10-9-16-8-6-14-7-11-18-12-14/h2-5,7,11-12,16H,6,8-10H2,1H3. The number of hydrogen-bond donors (Lipinski definition) is 1. The lowest BCUT2D eigenvalue weighted by Gasteiger charge is -2.07. The van der Waals surface area contributed by atoms with Gasteiger partial charge >= 0.3 is 0 Å². The predicted molar refractivity (Wildman–Crippen MR) is 77.6 cm³/mol. The summed E-state index contributed by atoms with van der Waals surface area (Å²) in [6.07, 6.45) is 1.09. The average Bonchev–Trinajstić information content (AvgIpc) is 2.89. The van der Waals surface area contributed by atoms with Crippen LogP contribution in [0, 0.1) is 6.92 Å². The molecule has 96 valence electrons. The summed E-state index contributed by atoms with van der Waals surface area (Å²) in [4.78, 5) is 0. The maximum atomic E-state index is 5.64. The Morgan fingerprint density at radius 1 is 1.11 bits per heavy atom. The summed E-state index contributed by atoms with van der Waals surface area (Å²) in [5.41, 5.74) is 2.67. The summed E-state index contributed by atoms with van der Waals surface area (Å²) < 4.78 is 5.64. The SMILES string of the molecule is Cc1ccc(OCCNCCc2ccsc2)cc1. The van der Waals surface area contributed by atoms with Gasteiger partial charge in [0.25, 0.3) is 0 Å². The van der Waals surface area contributed by atoms with E-state index in [2.05, 4.69) is 41.2 Å². The average molecular weight is 261 g/mol. The predicted octanol–water partition coefficient (Wildman–Crippen LogP) is 3.27. The Balaban J connectivity index is 1.55. The molecule has 0 fully saturated rings. The topological polar surface area (TPSA) is 21.3 Å². The van der Waals surface area contributed by atoms with Gasteiger partial charge in [-0.25, -0.2) is 0 Å². The lowest BCUT2D eigenvalue weighted by Crippen LogP contribution is -2.23. The molecule has 18 heavy (non-hydrogen) atoms. The highest BCUT2D eigenvalue weighted by atomic mass is 32.1. The van der Waals surface area contributed by atoms with Gasteiger partial charge in [-0.1, -0.05) is 17.7 Å². The Bertz CT molecular complexity index is 436. The van der Waals surface area contributed by atoms with Crippen molar-refractivity contribution in [3.63, 3.8) is 0 Å². The molecule has 0 aliphatic carbocycles. The van der Waals surface area contributed by atoms with Gasteiger partial charge in [0.15, 0.2) is 0 Å². The van der Waals surface area contributed by atoms with Gasteiger partial charge in [0, 0.05) is 6.54 Å². The van der Waals surface area contributed by atoms with E-state index in [1.54, 1.807) is 11.3 Å². The molecular weight excluding hydrogens is 242 g/mol. The Labute approximate surface area is 113 Å². The molecule has 2 rings (SSSR count). The first-order valence-electron chi connectivity index (χ1n) is 6.26. The Morgan fingerprint density at radius 3 is 2.67 bits per heavy atom. The Kier molecular flexibility index (Phi) is 5.24. The number of benzene rings is 1. The van der Waals surface area contributed by atoms with Gasteiger partial charge in [-0.15, -0.1) is 0 Å². The fourth-order valence-corrected chi connectivity index (χ4v) is 2.37. The van der Waals surface area contributed by atoms with Crippen LogP contribution in [0.3, 0.4) is 0 Å². The lowest BCUT2D eigenvalue weighted by molar-refractivity contribution is 0.314. The van der Waals surface area contributed by atoms with Crippen molar-refractivity contribution < 1.29 is 4.74 Å². The Hall–Kier alpha value is -1.32. The molecule has 0 spiro atoms. The molecule has 1 N–H and O–H groups in total. The summed E-state index contributed by atoms with van der Waals surface area (Å²) in [5, 5.41) is 7.70. The smallest absolute Gasteiger partial charge is 0.119 e. The first kappa shape index (κ1) is 13.1. The zero-order chi connectivity index (χ0) is 12.6. The second-order valence-electron chi connectivity index (χ2n) is 4.29.